The number of fused-ring (bicyclic) bond motifs is 1. The second-order valence-electron chi connectivity index (χ2n) is 10.5. The van der Waals surface area contributed by atoms with Crippen LogP contribution in [0.2, 0.25) is 0 Å². The van der Waals surface area contributed by atoms with Crippen molar-refractivity contribution in [2.75, 3.05) is 13.7 Å². The Balaban J connectivity index is 1.47. The molecule has 0 spiro atoms. The molecule has 2 N–H and O–H groups in total. The predicted octanol–water partition coefficient (Wildman–Crippen LogP) is 6.83. The fourth-order valence-electron chi connectivity index (χ4n) is 5.37. The van der Waals surface area contributed by atoms with Crippen molar-refractivity contribution in [3.8, 4) is 11.1 Å². The number of nitrogens with one attached hydrogen (secondary N) is 1. The van der Waals surface area contributed by atoms with Crippen molar-refractivity contribution in [3.63, 3.8) is 0 Å². The first kappa shape index (κ1) is 28.8. The molecule has 0 unspecified atom stereocenters. The molecule has 214 valence electrons. The van der Waals surface area contributed by atoms with E-state index in [4.69, 9.17) is 9.72 Å². The highest BCUT2D eigenvalue weighted by atomic mass is 16.5. The molecule has 1 atom stereocenters. The lowest BCUT2D eigenvalue weighted by Crippen LogP contribution is -2.31. The molecule has 5 aromatic rings. The third-order valence-electron chi connectivity index (χ3n) is 7.46. The number of methoxy groups -OCH3 is 1. The minimum Gasteiger partial charge on any atom is -0.478 e. The average Bonchev–Trinajstić information content (AvgIpc) is 3.35. The molecule has 1 amide bonds. The first-order valence-corrected chi connectivity index (χ1v) is 14.2. The summed E-state index contributed by atoms with van der Waals surface area (Å²) in [4.78, 5) is 30.2. The number of aryl methyl sites for hydroxylation is 2. The van der Waals surface area contributed by atoms with E-state index in [0.29, 0.717) is 24.3 Å². The van der Waals surface area contributed by atoms with Crippen LogP contribution in [0.1, 0.15) is 62.6 Å². The molecule has 0 aliphatic rings. The molecule has 0 aliphatic heterocycles. The number of nitrogens with zero attached hydrogens (tertiary/aromatic N) is 2. The number of carbonyl (C=O) groups excluding carboxylic acids is 1. The topological polar surface area (TPSA) is 93.5 Å². The second kappa shape index (κ2) is 12.8. The van der Waals surface area contributed by atoms with Crippen LogP contribution in [0.5, 0.6) is 0 Å². The summed E-state index contributed by atoms with van der Waals surface area (Å²) in [6.45, 7) is 5.06. The molecule has 5 rings (SSSR count). The summed E-state index contributed by atoms with van der Waals surface area (Å²) in [5, 5.41) is 12.7. The van der Waals surface area contributed by atoms with E-state index in [1.54, 1.807) is 19.2 Å². The van der Waals surface area contributed by atoms with Crippen molar-refractivity contribution in [1.29, 1.82) is 0 Å². The molecule has 0 aliphatic carbocycles. The van der Waals surface area contributed by atoms with Crippen molar-refractivity contribution < 1.29 is 19.4 Å². The van der Waals surface area contributed by atoms with E-state index in [0.717, 1.165) is 52.0 Å². The average molecular weight is 562 g/mol. The highest BCUT2D eigenvalue weighted by Crippen LogP contribution is 2.27. The number of benzene rings is 4. The maximum absolute atomic E-state index is 13.5. The summed E-state index contributed by atoms with van der Waals surface area (Å²) >= 11 is 0. The lowest BCUT2D eigenvalue weighted by Gasteiger charge is -2.19. The molecule has 0 bridgehead atoms. The Hall–Kier alpha value is -4.75. The van der Waals surface area contributed by atoms with E-state index < -0.39 is 5.97 Å². The van der Waals surface area contributed by atoms with Gasteiger partial charge in [0.2, 0.25) is 0 Å². The van der Waals surface area contributed by atoms with E-state index >= 15 is 0 Å². The zero-order valence-electron chi connectivity index (χ0n) is 24.1. The van der Waals surface area contributed by atoms with Gasteiger partial charge in [0.25, 0.3) is 5.91 Å². The normalized spacial score (nSPS) is 11.9. The van der Waals surface area contributed by atoms with Gasteiger partial charge in [0, 0.05) is 25.6 Å². The van der Waals surface area contributed by atoms with Gasteiger partial charge in [-0.05, 0) is 59.4 Å². The molecule has 42 heavy (non-hydrogen) atoms. The van der Waals surface area contributed by atoms with Gasteiger partial charge in [-0.25, -0.2) is 9.78 Å². The Kier molecular flexibility index (Phi) is 8.79. The van der Waals surface area contributed by atoms with Gasteiger partial charge in [0.05, 0.1) is 29.2 Å². The summed E-state index contributed by atoms with van der Waals surface area (Å²) < 4.78 is 7.59. The number of imidazole rings is 1. The number of amides is 1. The minimum atomic E-state index is -0.948. The SMILES string of the molecule is CCCc1nc2c(C)cc(C(=O)N[C@@H](COC)c3ccccc3)cc2n1Cc1ccc(-c2ccccc2C(=O)O)cc1. The smallest absolute Gasteiger partial charge is 0.336 e. The van der Waals surface area contributed by atoms with E-state index in [1.807, 2.05) is 85.8 Å². The van der Waals surface area contributed by atoms with Crippen LogP contribution in [0, 0.1) is 6.92 Å². The molecule has 7 heteroatoms. The number of hydrogen-bond acceptors (Lipinski definition) is 4. The zero-order valence-corrected chi connectivity index (χ0v) is 24.1. The Bertz CT molecular complexity index is 1710. The minimum absolute atomic E-state index is 0.169. The third-order valence-corrected chi connectivity index (χ3v) is 7.46. The highest BCUT2D eigenvalue weighted by Gasteiger charge is 2.20. The molecule has 0 saturated carbocycles. The molecule has 1 heterocycles. The number of ether oxygens (including phenoxy) is 1. The van der Waals surface area contributed by atoms with Crippen LogP contribution in [-0.2, 0) is 17.7 Å². The van der Waals surface area contributed by atoms with Gasteiger partial charge in [0.1, 0.15) is 5.82 Å². The zero-order chi connectivity index (χ0) is 29.6. The van der Waals surface area contributed by atoms with Gasteiger partial charge in [-0.1, -0.05) is 79.7 Å². The monoisotopic (exact) mass is 561 g/mol. The number of aromatic carboxylic acids is 1. The number of hydrogen-bond donors (Lipinski definition) is 2. The van der Waals surface area contributed by atoms with Crippen LogP contribution in [0.3, 0.4) is 0 Å². The van der Waals surface area contributed by atoms with Gasteiger partial charge >= 0.3 is 5.97 Å². The molecule has 7 nitrogen and oxygen atoms in total. The Morgan fingerprint density at radius 1 is 0.976 bits per heavy atom. The van der Waals surface area contributed by atoms with Gasteiger partial charge in [-0.3, -0.25) is 4.79 Å². The van der Waals surface area contributed by atoms with Crippen LogP contribution in [0.25, 0.3) is 22.2 Å². The lowest BCUT2D eigenvalue weighted by molar-refractivity contribution is 0.0697. The van der Waals surface area contributed by atoms with E-state index in [-0.39, 0.29) is 17.5 Å². The Labute approximate surface area is 245 Å². The molecular formula is C35H35N3O4. The summed E-state index contributed by atoms with van der Waals surface area (Å²) in [5.41, 5.74) is 7.15. The van der Waals surface area contributed by atoms with Crippen LogP contribution >= 0.6 is 0 Å². The molecule has 0 fully saturated rings. The van der Waals surface area contributed by atoms with E-state index in [1.165, 1.54) is 0 Å². The van der Waals surface area contributed by atoms with Crippen LogP contribution in [0.15, 0.2) is 91.0 Å². The van der Waals surface area contributed by atoms with Crippen molar-refractivity contribution >= 4 is 22.9 Å². The maximum Gasteiger partial charge on any atom is 0.336 e. The van der Waals surface area contributed by atoms with Crippen molar-refractivity contribution in [3.05, 3.63) is 125 Å². The lowest BCUT2D eigenvalue weighted by atomic mass is 9.98. The van der Waals surface area contributed by atoms with E-state index in [9.17, 15) is 14.7 Å². The van der Waals surface area contributed by atoms with Gasteiger partial charge in [-0.2, -0.15) is 0 Å². The van der Waals surface area contributed by atoms with Crippen molar-refractivity contribution in [2.45, 2.75) is 39.3 Å². The first-order chi connectivity index (χ1) is 20.4. The first-order valence-electron chi connectivity index (χ1n) is 14.2. The van der Waals surface area contributed by atoms with Gasteiger partial charge < -0.3 is 19.7 Å². The summed E-state index contributed by atoms with van der Waals surface area (Å²) in [5.74, 6) is -0.150. The van der Waals surface area contributed by atoms with Crippen LogP contribution in [0.4, 0.5) is 0 Å². The largest absolute Gasteiger partial charge is 0.478 e. The highest BCUT2D eigenvalue weighted by molar-refractivity contribution is 5.99. The molecule has 1 aromatic heterocycles. The van der Waals surface area contributed by atoms with Crippen molar-refractivity contribution in [2.24, 2.45) is 0 Å². The molecule has 0 radical (unpaired) electrons. The van der Waals surface area contributed by atoms with Crippen LogP contribution < -0.4 is 5.32 Å². The summed E-state index contributed by atoms with van der Waals surface area (Å²) in [7, 11) is 1.63. The van der Waals surface area contributed by atoms with Gasteiger partial charge in [0.15, 0.2) is 0 Å². The maximum atomic E-state index is 13.5. The van der Waals surface area contributed by atoms with Crippen molar-refractivity contribution in [1.82, 2.24) is 14.9 Å². The third kappa shape index (κ3) is 6.11. The number of carboxylic acids is 1. The quantitative estimate of drug-likeness (QED) is 0.184. The van der Waals surface area contributed by atoms with Gasteiger partial charge in [-0.15, -0.1) is 0 Å². The van der Waals surface area contributed by atoms with E-state index in [2.05, 4.69) is 16.8 Å². The Morgan fingerprint density at radius 3 is 2.38 bits per heavy atom. The summed E-state index contributed by atoms with van der Waals surface area (Å²) in [6.07, 6.45) is 1.75. The molecule has 4 aromatic carbocycles. The summed E-state index contributed by atoms with van der Waals surface area (Å²) in [6, 6.07) is 28.3. The fourth-order valence-corrected chi connectivity index (χ4v) is 5.37. The Morgan fingerprint density at radius 2 is 1.69 bits per heavy atom. The standard InChI is InChI=1S/C35H35N3O4/c1-4-10-32-37-33-23(2)19-27(34(39)36-30(22-42-3)26-11-6-5-7-12-26)20-31(33)38(32)21-24-15-17-25(18-16-24)28-13-8-9-14-29(28)35(40)41/h5-9,11-20,30H,4,10,21-22H2,1-3H3,(H,36,39)(H,40,41)/t30-/m0/s1. The fraction of sp³-hybridized carbons (Fsp3) is 0.229. The second-order valence-corrected chi connectivity index (χ2v) is 10.5. The number of carbonyl (C=O) groups is 2. The number of aromatic nitrogens is 2. The molecule has 0 saturated heterocycles. The predicted molar refractivity (Wildman–Crippen MR) is 165 cm³/mol. The number of rotatable bonds is 11. The van der Waals surface area contributed by atoms with Crippen LogP contribution in [-0.4, -0.2) is 40.3 Å². The molecular weight excluding hydrogens is 526 g/mol. The number of carboxylic acid groups (broad SMARTS) is 1.